The minimum atomic E-state index is -4.42. The predicted octanol–water partition coefficient (Wildman–Crippen LogP) is 4.17. The molecule has 4 bridgehead atoms. The zero-order chi connectivity index (χ0) is 17.7. The van der Waals surface area contributed by atoms with Crippen LogP contribution in [0.15, 0.2) is 24.3 Å². The molecule has 4 saturated carbocycles. The van der Waals surface area contributed by atoms with Crippen molar-refractivity contribution < 1.29 is 22.7 Å². The largest absolute Gasteiger partial charge is 0.484 e. The topological polar surface area (TPSA) is 38.3 Å². The normalized spacial score (nSPS) is 33.3. The van der Waals surface area contributed by atoms with Gasteiger partial charge in [-0.15, -0.1) is 0 Å². The predicted molar refractivity (Wildman–Crippen MR) is 86.0 cm³/mol. The highest BCUT2D eigenvalue weighted by Gasteiger charge is 2.51. The molecule has 0 spiro atoms. The monoisotopic (exact) mass is 353 g/mol. The molecule has 1 amide bonds. The van der Waals surface area contributed by atoms with Crippen molar-refractivity contribution in [1.82, 2.24) is 5.32 Å². The van der Waals surface area contributed by atoms with Crippen molar-refractivity contribution in [1.29, 1.82) is 0 Å². The summed E-state index contributed by atoms with van der Waals surface area (Å²) in [6.45, 7) is -0.247. The van der Waals surface area contributed by atoms with E-state index in [0.29, 0.717) is 0 Å². The van der Waals surface area contributed by atoms with Crippen LogP contribution < -0.4 is 10.1 Å². The summed E-state index contributed by atoms with van der Waals surface area (Å²) in [5.74, 6) is 1.98. The Balaban J connectivity index is 1.36. The highest BCUT2D eigenvalue weighted by molar-refractivity contribution is 5.78. The van der Waals surface area contributed by atoms with Gasteiger partial charge in [0.05, 0.1) is 5.56 Å². The summed E-state index contributed by atoms with van der Waals surface area (Å²) in [6, 6.07) is 4.64. The van der Waals surface area contributed by atoms with Gasteiger partial charge >= 0.3 is 6.18 Å². The number of halogens is 3. The standard InChI is InChI=1S/C19H22F3NO2/c20-19(21,22)15-2-1-3-16(7-15)25-11-17(24)23-18-8-12-4-13(9-18)6-14(5-12)10-18/h1-3,7,12-14H,4-6,8-11H2,(H,23,24). The second-order valence-corrected chi connectivity index (χ2v) is 8.06. The van der Waals surface area contributed by atoms with E-state index < -0.39 is 11.7 Å². The van der Waals surface area contributed by atoms with Gasteiger partial charge in [-0.1, -0.05) is 6.07 Å². The Hall–Kier alpha value is -1.72. The van der Waals surface area contributed by atoms with Gasteiger partial charge in [-0.3, -0.25) is 4.79 Å². The fraction of sp³-hybridized carbons (Fsp3) is 0.632. The Morgan fingerprint density at radius 3 is 2.28 bits per heavy atom. The molecule has 1 aromatic rings. The first-order chi connectivity index (χ1) is 11.8. The number of rotatable bonds is 4. The molecule has 4 aliphatic rings. The van der Waals surface area contributed by atoms with Gasteiger partial charge in [0.1, 0.15) is 5.75 Å². The SMILES string of the molecule is O=C(COc1cccc(C(F)(F)F)c1)NC12CC3CC(CC(C3)C1)C2. The molecule has 1 aromatic carbocycles. The van der Waals surface area contributed by atoms with Gasteiger partial charge in [0.15, 0.2) is 6.61 Å². The molecule has 3 nitrogen and oxygen atoms in total. The van der Waals surface area contributed by atoms with E-state index in [1.165, 1.54) is 31.4 Å². The molecule has 0 unspecified atom stereocenters. The number of hydrogen-bond donors (Lipinski definition) is 1. The van der Waals surface area contributed by atoms with Crippen LogP contribution in [-0.2, 0) is 11.0 Å². The van der Waals surface area contributed by atoms with Gasteiger partial charge in [-0.2, -0.15) is 13.2 Å². The molecule has 0 radical (unpaired) electrons. The van der Waals surface area contributed by atoms with E-state index in [2.05, 4.69) is 5.32 Å². The summed E-state index contributed by atoms with van der Waals surface area (Å²) in [5.41, 5.74) is -0.880. The molecular weight excluding hydrogens is 331 g/mol. The third-order valence-electron chi connectivity index (χ3n) is 5.97. The van der Waals surface area contributed by atoms with Gasteiger partial charge in [0.2, 0.25) is 0 Å². The Kier molecular flexibility index (Phi) is 3.96. The van der Waals surface area contributed by atoms with Gasteiger partial charge < -0.3 is 10.1 Å². The summed E-state index contributed by atoms with van der Waals surface area (Å²) >= 11 is 0. The Labute approximate surface area is 144 Å². The van der Waals surface area contributed by atoms with E-state index in [4.69, 9.17) is 4.74 Å². The molecule has 0 heterocycles. The first-order valence-electron chi connectivity index (χ1n) is 8.92. The van der Waals surface area contributed by atoms with E-state index in [9.17, 15) is 18.0 Å². The second-order valence-electron chi connectivity index (χ2n) is 8.06. The minimum Gasteiger partial charge on any atom is -0.484 e. The van der Waals surface area contributed by atoms with Crippen molar-refractivity contribution >= 4 is 5.91 Å². The van der Waals surface area contributed by atoms with Gasteiger partial charge in [-0.25, -0.2) is 0 Å². The first-order valence-corrected chi connectivity index (χ1v) is 8.92. The molecule has 6 heteroatoms. The summed E-state index contributed by atoms with van der Waals surface area (Å²) in [5, 5.41) is 3.15. The summed E-state index contributed by atoms with van der Waals surface area (Å²) < 4.78 is 43.5. The quantitative estimate of drug-likeness (QED) is 0.882. The van der Waals surface area contributed by atoms with Crippen molar-refractivity contribution in [3.8, 4) is 5.75 Å². The van der Waals surface area contributed by atoms with E-state index in [0.717, 1.165) is 49.1 Å². The van der Waals surface area contributed by atoms with Gasteiger partial charge in [-0.05, 0) is 74.5 Å². The van der Waals surface area contributed by atoms with E-state index in [-0.39, 0.29) is 23.8 Å². The lowest BCUT2D eigenvalue weighted by Crippen LogP contribution is -2.60. The molecule has 136 valence electrons. The minimum absolute atomic E-state index is 0.0653. The fourth-order valence-corrected chi connectivity index (χ4v) is 5.51. The van der Waals surface area contributed by atoms with Crippen molar-refractivity contribution in [2.45, 2.75) is 50.2 Å². The molecule has 1 N–H and O–H groups in total. The number of alkyl halides is 3. The lowest BCUT2D eigenvalue weighted by Gasteiger charge is -2.56. The average molecular weight is 353 g/mol. The van der Waals surface area contributed by atoms with Crippen molar-refractivity contribution in [3.05, 3.63) is 29.8 Å². The van der Waals surface area contributed by atoms with Crippen LogP contribution in [0.1, 0.15) is 44.1 Å². The molecule has 25 heavy (non-hydrogen) atoms. The van der Waals surface area contributed by atoms with Gasteiger partial charge in [0, 0.05) is 5.54 Å². The maximum absolute atomic E-state index is 12.7. The van der Waals surface area contributed by atoms with Crippen LogP contribution in [0.3, 0.4) is 0 Å². The molecular formula is C19H22F3NO2. The van der Waals surface area contributed by atoms with Crippen LogP contribution in [-0.4, -0.2) is 18.1 Å². The summed E-state index contributed by atoms with van der Waals surface area (Å²) in [7, 11) is 0. The molecule has 0 atom stereocenters. The van der Waals surface area contributed by atoms with Crippen LogP contribution in [0.4, 0.5) is 13.2 Å². The number of benzene rings is 1. The Bertz CT molecular complexity index is 636. The number of carbonyl (C=O) groups is 1. The van der Waals surface area contributed by atoms with Gasteiger partial charge in [0.25, 0.3) is 5.91 Å². The van der Waals surface area contributed by atoms with E-state index in [1.54, 1.807) is 0 Å². The Morgan fingerprint density at radius 2 is 1.72 bits per heavy atom. The Morgan fingerprint density at radius 1 is 1.12 bits per heavy atom. The molecule has 5 rings (SSSR count). The molecule has 0 aliphatic heterocycles. The molecule has 4 fully saturated rings. The lowest BCUT2D eigenvalue weighted by molar-refractivity contribution is -0.137. The zero-order valence-corrected chi connectivity index (χ0v) is 13.9. The highest BCUT2D eigenvalue weighted by Crippen LogP contribution is 2.55. The number of amides is 1. The zero-order valence-electron chi connectivity index (χ0n) is 13.9. The molecule has 0 saturated heterocycles. The van der Waals surface area contributed by atoms with Crippen LogP contribution in [0.2, 0.25) is 0 Å². The molecule has 4 aliphatic carbocycles. The third kappa shape index (κ3) is 3.48. The van der Waals surface area contributed by atoms with Crippen molar-refractivity contribution in [3.63, 3.8) is 0 Å². The van der Waals surface area contributed by atoms with E-state index in [1.807, 2.05) is 0 Å². The maximum atomic E-state index is 12.7. The van der Waals surface area contributed by atoms with Crippen LogP contribution in [0, 0.1) is 17.8 Å². The summed E-state index contributed by atoms with van der Waals surface area (Å²) in [4.78, 5) is 12.3. The smallest absolute Gasteiger partial charge is 0.416 e. The van der Waals surface area contributed by atoms with Crippen LogP contribution in [0.25, 0.3) is 0 Å². The number of nitrogens with one attached hydrogen (secondary N) is 1. The average Bonchev–Trinajstić information content (AvgIpc) is 2.50. The van der Waals surface area contributed by atoms with Crippen LogP contribution in [0.5, 0.6) is 5.75 Å². The second kappa shape index (κ2) is 5.92. The van der Waals surface area contributed by atoms with Crippen molar-refractivity contribution in [2.24, 2.45) is 17.8 Å². The molecule has 0 aromatic heterocycles. The lowest BCUT2D eigenvalue weighted by atomic mass is 9.53. The first kappa shape index (κ1) is 16.7. The summed E-state index contributed by atoms with van der Waals surface area (Å²) in [6.07, 6.45) is 2.55. The number of ether oxygens (including phenoxy) is 1. The number of carbonyl (C=O) groups excluding carboxylic acids is 1. The number of hydrogen-bond acceptors (Lipinski definition) is 2. The maximum Gasteiger partial charge on any atom is 0.416 e. The highest BCUT2D eigenvalue weighted by atomic mass is 19.4. The van der Waals surface area contributed by atoms with Crippen molar-refractivity contribution in [2.75, 3.05) is 6.61 Å². The third-order valence-corrected chi connectivity index (χ3v) is 5.97. The fourth-order valence-electron chi connectivity index (χ4n) is 5.51. The van der Waals surface area contributed by atoms with Crippen LogP contribution >= 0.6 is 0 Å². The van der Waals surface area contributed by atoms with E-state index >= 15 is 0 Å².